The number of oxazole rings is 1. The monoisotopic (exact) mass is 224 g/mol. The molecule has 0 aliphatic heterocycles. The lowest BCUT2D eigenvalue weighted by molar-refractivity contribution is -0.132. The van der Waals surface area contributed by atoms with Crippen molar-refractivity contribution in [2.45, 2.75) is 26.8 Å². The fraction of sp³-hybridized carbons (Fsp3) is 0.455. The highest BCUT2D eigenvalue weighted by Crippen LogP contribution is 2.11. The number of carbonyl (C=O) groups is 1. The van der Waals surface area contributed by atoms with Crippen LogP contribution in [-0.4, -0.2) is 22.6 Å². The van der Waals surface area contributed by atoms with Gasteiger partial charge in [0.15, 0.2) is 0 Å². The zero-order valence-corrected chi connectivity index (χ0v) is 9.65. The maximum absolute atomic E-state index is 10.5. The van der Waals surface area contributed by atoms with Gasteiger partial charge in [-0.3, -0.25) is 0 Å². The van der Waals surface area contributed by atoms with E-state index < -0.39 is 5.97 Å². The Balaban J connectivity index is 2.44. The second-order valence-corrected chi connectivity index (χ2v) is 3.63. The topological polar surface area (TPSA) is 75.4 Å². The molecule has 0 spiro atoms. The number of carboxylic acid groups (broad SMARTS) is 1. The molecule has 1 aromatic heterocycles. The quantitative estimate of drug-likeness (QED) is 0.744. The Labute approximate surface area is 94.2 Å². The minimum atomic E-state index is -0.901. The Bertz CT molecular complexity index is 396. The van der Waals surface area contributed by atoms with Crippen molar-refractivity contribution in [2.75, 3.05) is 6.54 Å². The third kappa shape index (κ3) is 3.51. The number of rotatable bonds is 5. The fourth-order valence-electron chi connectivity index (χ4n) is 1.14. The molecule has 1 rings (SSSR count). The maximum Gasteiger partial charge on any atom is 0.330 e. The zero-order valence-electron chi connectivity index (χ0n) is 9.65. The van der Waals surface area contributed by atoms with Crippen LogP contribution in [0.2, 0.25) is 0 Å². The van der Waals surface area contributed by atoms with Crippen molar-refractivity contribution >= 4 is 5.97 Å². The van der Waals surface area contributed by atoms with Gasteiger partial charge < -0.3 is 14.8 Å². The Morgan fingerprint density at radius 1 is 1.75 bits per heavy atom. The first kappa shape index (κ1) is 12.4. The van der Waals surface area contributed by atoms with Crippen molar-refractivity contribution in [2.24, 2.45) is 0 Å². The van der Waals surface area contributed by atoms with Gasteiger partial charge in [-0.15, -0.1) is 0 Å². The number of hydrogen-bond donors (Lipinski definition) is 2. The smallest absolute Gasteiger partial charge is 0.330 e. The number of aryl methyl sites for hydroxylation is 1. The van der Waals surface area contributed by atoms with Crippen molar-refractivity contribution in [3.05, 3.63) is 29.5 Å². The molecule has 88 valence electrons. The molecule has 0 saturated heterocycles. The van der Waals surface area contributed by atoms with E-state index in [-0.39, 0.29) is 6.04 Å². The van der Waals surface area contributed by atoms with Gasteiger partial charge in [0, 0.05) is 12.1 Å². The average Bonchev–Trinajstić information content (AvgIpc) is 2.64. The van der Waals surface area contributed by atoms with Crippen molar-refractivity contribution in [3.63, 3.8) is 0 Å². The molecule has 1 heterocycles. The van der Waals surface area contributed by atoms with E-state index in [1.807, 2.05) is 13.8 Å². The Morgan fingerprint density at radius 3 is 2.94 bits per heavy atom. The molecule has 1 aromatic rings. The maximum atomic E-state index is 10.5. The SMILES string of the molecule is C/C(=C/CNC(C)c1ncc(C)o1)C(=O)O. The molecule has 0 fully saturated rings. The van der Waals surface area contributed by atoms with Crippen LogP contribution in [0.4, 0.5) is 0 Å². The number of carboxylic acids is 1. The Kier molecular flexibility index (Phi) is 4.25. The molecule has 0 bridgehead atoms. The van der Waals surface area contributed by atoms with Gasteiger partial charge in [0.2, 0.25) is 5.89 Å². The van der Waals surface area contributed by atoms with Crippen molar-refractivity contribution in [1.29, 1.82) is 0 Å². The summed E-state index contributed by atoms with van der Waals surface area (Å²) in [5.41, 5.74) is 0.322. The van der Waals surface area contributed by atoms with Gasteiger partial charge in [0.25, 0.3) is 0 Å². The van der Waals surface area contributed by atoms with Crippen LogP contribution in [0.25, 0.3) is 0 Å². The fourth-order valence-corrected chi connectivity index (χ4v) is 1.14. The van der Waals surface area contributed by atoms with Crippen LogP contribution in [0.3, 0.4) is 0 Å². The molecule has 0 amide bonds. The molecule has 1 atom stereocenters. The summed E-state index contributed by atoms with van der Waals surface area (Å²) < 4.78 is 5.34. The molecular weight excluding hydrogens is 208 g/mol. The van der Waals surface area contributed by atoms with Crippen LogP contribution in [0, 0.1) is 6.92 Å². The summed E-state index contributed by atoms with van der Waals surface area (Å²) in [5.74, 6) is 0.473. The Morgan fingerprint density at radius 2 is 2.44 bits per heavy atom. The number of nitrogens with one attached hydrogen (secondary N) is 1. The summed E-state index contributed by atoms with van der Waals surface area (Å²) in [4.78, 5) is 14.6. The van der Waals surface area contributed by atoms with E-state index in [0.29, 0.717) is 18.0 Å². The first-order valence-corrected chi connectivity index (χ1v) is 5.06. The largest absolute Gasteiger partial charge is 0.478 e. The second kappa shape index (κ2) is 5.46. The molecule has 0 aromatic carbocycles. The Hall–Kier alpha value is -1.62. The van der Waals surface area contributed by atoms with E-state index >= 15 is 0 Å². The first-order chi connectivity index (χ1) is 7.50. The van der Waals surface area contributed by atoms with Gasteiger partial charge in [-0.2, -0.15) is 0 Å². The van der Waals surface area contributed by atoms with E-state index in [1.54, 1.807) is 19.2 Å². The normalized spacial score (nSPS) is 13.8. The minimum absolute atomic E-state index is 0.0356. The van der Waals surface area contributed by atoms with Crippen LogP contribution in [0.1, 0.15) is 31.5 Å². The summed E-state index contributed by atoms with van der Waals surface area (Å²) in [5, 5.41) is 11.7. The average molecular weight is 224 g/mol. The van der Waals surface area contributed by atoms with Crippen molar-refractivity contribution in [3.8, 4) is 0 Å². The lowest BCUT2D eigenvalue weighted by Crippen LogP contribution is -2.19. The molecule has 0 radical (unpaired) electrons. The highest BCUT2D eigenvalue weighted by molar-refractivity contribution is 5.85. The third-order valence-electron chi connectivity index (χ3n) is 2.18. The zero-order chi connectivity index (χ0) is 12.1. The minimum Gasteiger partial charge on any atom is -0.478 e. The third-order valence-corrected chi connectivity index (χ3v) is 2.18. The highest BCUT2D eigenvalue weighted by Gasteiger charge is 2.09. The molecule has 5 nitrogen and oxygen atoms in total. The van der Waals surface area contributed by atoms with Gasteiger partial charge in [0.1, 0.15) is 5.76 Å². The second-order valence-electron chi connectivity index (χ2n) is 3.63. The predicted octanol–water partition coefficient (Wildman–Crippen LogP) is 1.66. The van der Waals surface area contributed by atoms with Crippen LogP contribution in [0.15, 0.2) is 22.3 Å². The lowest BCUT2D eigenvalue weighted by Gasteiger charge is -2.07. The van der Waals surface area contributed by atoms with E-state index in [9.17, 15) is 4.79 Å². The van der Waals surface area contributed by atoms with Gasteiger partial charge in [0.05, 0.1) is 12.2 Å². The molecule has 2 N–H and O–H groups in total. The van der Waals surface area contributed by atoms with Gasteiger partial charge in [-0.25, -0.2) is 9.78 Å². The van der Waals surface area contributed by atoms with E-state index in [1.165, 1.54) is 0 Å². The number of aliphatic carboxylic acids is 1. The predicted molar refractivity (Wildman–Crippen MR) is 59.1 cm³/mol. The summed E-state index contributed by atoms with van der Waals surface area (Å²) in [6.45, 7) is 5.78. The van der Waals surface area contributed by atoms with Gasteiger partial charge >= 0.3 is 5.97 Å². The molecule has 0 aliphatic carbocycles. The van der Waals surface area contributed by atoms with Crippen LogP contribution in [-0.2, 0) is 4.79 Å². The summed E-state index contributed by atoms with van der Waals surface area (Å²) in [6, 6.07) is -0.0356. The number of aromatic nitrogens is 1. The molecule has 1 unspecified atom stereocenters. The van der Waals surface area contributed by atoms with Crippen LogP contribution in [0.5, 0.6) is 0 Å². The molecular formula is C11H16N2O3. The van der Waals surface area contributed by atoms with E-state index in [4.69, 9.17) is 9.52 Å². The molecule has 0 aliphatic rings. The van der Waals surface area contributed by atoms with E-state index in [2.05, 4.69) is 10.3 Å². The summed E-state index contributed by atoms with van der Waals surface area (Å²) in [7, 11) is 0. The van der Waals surface area contributed by atoms with Gasteiger partial charge in [-0.05, 0) is 20.8 Å². The molecule has 5 heteroatoms. The first-order valence-electron chi connectivity index (χ1n) is 5.06. The highest BCUT2D eigenvalue weighted by atomic mass is 16.4. The van der Waals surface area contributed by atoms with Crippen LogP contribution >= 0.6 is 0 Å². The summed E-state index contributed by atoms with van der Waals surface area (Å²) in [6.07, 6.45) is 3.28. The molecule has 0 saturated carbocycles. The van der Waals surface area contributed by atoms with Gasteiger partial charge in [-0.1, -0.05) is 6.08 Å². The van der Waals surface area contributed by atoms with Crippen LogP contribution < -0.4 is 5.32 Å². The summed E-state index contributed by atoms with van der Waals surface area (Å²) >= 11 is 0. The standard InChI is InChI=1S/C11H16N2O3/c1-7(11(14)15)4-5-12-9(3)10-13-6-8(2)16-10/h4,6,9,12H,5H2,1-3H3,(H,14,15)/b7-4-. The van der Waals surface area contributed by atoms with E-state index in [0.717, 1.165) is 5.76 Å². The van der Waals surface area contributed by atoms with Crippen molar-refractivity contribution < 1.29 is 14.3 Å². The molecule has 16 heavy (non-hydrogen) atoms. The number of nitrogens with zero attached hydrogens (tertiary/aromatic N) is 1. The van der Waals surface area contributed by atoms with Crippen molar-refractivity contribution in [1.82, 2.24) is 10.3 Å². The lowest BCUT2D eigenvalue weighted by atomic mass is 10.2. The number of hydrogen-bond acceptors (Lipinski definition) is 4.